The molecule has 0 radical (unpaired) electrons. The molecule has 7 heteroatoms. The Morgan fingerprint density at radius 3 is 2.25 bits per heavy atom. The lowest BCUT2D eigenvalue weighted by atomic mass is 10.1. The summed E-state index contributed by atoms with van der Waals surface area (Å²) in [6, 6.07) is 7.83. The molecule has 0 saturated carbocycles. The summed E-state index contributed by atoms with van der Waals surface area (Å²) in [6.45, 7) is 1.12. The van der Waals surface area contributed by atoms with Crippen molar-refractivity contribution in [2.75, 3.05) is 0 Å². The van der Waals surface area contributed by atoms with E-state index in [-0.39, 0.29) is 11.3 Å². The highest BCUT2D eigenvalue weighted by atomic mass is 19.4. The van der Waals surface area contributed by atoms with Crippen LogP contribution in [0.3, 0.4) is 0 Å². The standard InChI is InChI=1S/C13H8F3N3O/c1-7-11(20)10(18-19-12(7)13(14,15)16)9-4-2-8(6-17)3-5-9/h2-5H,1H3,(H,19,20). The zero-order chi connectivity index (χ0) is 14.9. The third-order valence-electron chi connectivity index (χ3n) is 2.74. The second-order valence-electron chi connectivity index (χ2n) is 4.06. The van der Waals surface area contributed by atoms with Gasteiger partial charge in [-0.1, -0.05) is 12.1 Å². The van der Waals surface area contributed by atoms with Gasteiger partial charge in [0, 0.05) is 11.1 Å². The monoisotopic (exact) mass is 279 g/mol. The van der Waals surface area contributed by atoms with Crippen LogP contribution in [0.5, 0.6) is 5.75 Å². The Labute approximate surface area is 112 Å². The van der Waals surface area contributed by atoms with Crippen molar-refractivity contribution < 1.29 is 18.3 Å². The van der Waals surface area contributed by atoms with E-state index in [1.807, 2.05) is 6.07 Å². The average molecular weight is 279 g/mol. The van der Waals surface area contributed by atoms with E-state index in [1.54, 1.807) is 0 Å². The van der Waals surface area contributed by atoms with Gasteiger partial charge in [-0.25, -0.2) is 0 Å². The largest absolute Gasteiger partial charge is 0.505 e. The number of alkyl halides is 3. The van der Waals surface area contributed by atoms with Gasteiger partial charge >= 0.3 is 6.18 Å². The first kappa shape index (κ1) is 13.8. The van der Waals surface area contributed by atoms with Crippen molar-refractivity contribution in [3.63, 3.8) is 0 Å². The van der Waals surface area contributed by atoms with E-state index >= 15 is 0 Å². The summed E-state index contributed by atoms with van der Waals surface area (Å²) in [7, 11) is 0. The Kier molecular flexibility index (Phi) is 3.32. The minimum Gasteiger partial charge on any atom is -0.505 e. The van der Waals surface area contributed by atoms with Gasteiger partial charge in [-0.15, -0.1) is 10.2 Å². The Hall–Kier alpha value is -2.62. The van der Waals surface area contributed by atoms with Gasteiger partial charge in [-0.3, -0.25) is 0 Å². The summed E-state index contributed by atoms with van der Waals surface area (Å²) in [5, 5.41) is 25.1. The van der Waals surface area contributed by atoms with Crippen molar-refractivity contribution in [2.45, 2.75) is 13.1 Å². The normalized spacial score (nSPS) is 11.2. The lowest BCUT2D eigenvalue weighted by molar-refractivity contribution is -0.142. The van der Waals surface area contributed by atoms with Crippen molar-refractivity contribution in [3.05, 3.63) is 41.1 Å². The van der Waals surface area contributed by atoms with Gasteiger partial charge in [0.2, 0.25) is 0 Å². The number of halogens is 3. The Bertz CT molecular complexity index is 688. The van der Waals surface area contributed by atoms with Gasteiger partial charge in [0.25, 0.3) is 0 Å². The second kappa shape index (κ2) is 4.81. The summed E-state index contributed by atoms with van der Waals surface area (Å²) in [6.07, 6.45) is -4.67. The molecular weight excluding hydrogens is 271 g/mol. The summed E-state index contributed by atoms with van der Waals surface area (Å²) >= 11 is 0. The minimum atomic E-state index is -4.67. The molecule has 0 aliphatic carbocycles. The van der Waals surface area contributed by atoms with Gasteiger partial charge in [0.1, 0.15) is 11.4 Å². The van der Waals surface area contributed by atoms with E-state index in [0.717, 1.165) is 6.92 Å². The van der Waals surface area contributed by atoms with Crippen molar-refractivity contribution in [1.82, 2.24) is 10.2 Å². The lowest BCUT2D eigenvalue weighted by Gasteiger charge is -2.11. The summed E-state index contributed by atoms with van der Waals surface area (Å²) in [5.74, 6) is -0.572. The van der Waals surface area contributed by atoms with Crippen LogP contribution in [0.4, 0.5) is 13.2 Å². The third-order valence-corrected chi connectivity index (χ3v) is 2.74. The van der Waals surface area contributed by atoms with E-state index < -0.39 is 17.6 Å². The zero-order valence-electron chi connectivity index (χ0n) is 10.2. The van der Waals surface area contributed by atoms with E-state index in [2.05, 4.69) is 10.2 Å². The molecule has 4 nitrogen and oxygen atoms in total. The highest BCUT2D eigenvalue weighted by Crippen LogP contribution is 2.37. The summed E-state index contributed by atoms with van der Waals surface area (Å²) < 4.78 is 37.8. The quantitative estimate of drug-likeness (QED) is 0.871. The molecule has 1 aromatic heterocycles. The minimum absolute atomic E-state index is 0.0556. The number of hydrogen-bond donors (Lipinski definition) is 1. The number of aromatic nitrogens is 2. The van der Waals surface area contributed by atoms with E-state index in [0.29, 0.717) is 11.1 Å². The fourth-order valence-electron chi connectivity index (χ4n) is 1.68. The van der Waals surface area contributed by atoms with Crippen LogP contribution in [0, 0.1) is 18.3 Å². The molecule has 0 saturated heterocycles. The molecule has 0 aliphatic rings. The van der Waals surface area contributed by atoms with E-state index in [4.69, 9.17) is 5.26 Å². The van der Waals surface area contributed by atoms with Crippen LogP contribution in [0.1, 0.15) is 16.8 Å². The van der Waals surface area contributed by atoms with Crippen molar-refractivity contribution in [2.24, 2.45) is 0 Å². The maximum atomic E-state index is 12.6. The maximum absolute atomic E-state index is 12.6. The van der Waals surface area contributed by atoms with Crippen molar-refractivity contribution in [3.8, 4) is 23.1 Å². The van der Waals surface area contributed by atoms with Gasteiger partial charge in [-0.05, 0) is 19.1 Å². The molecular formula is C13H8F3N3O. The average Bonchev–Trinajstić information content (AvgIpc) is 2.40. The predicted molar refractivity (Wildman–Crippen MR) is 63.6 cm³/mol. The number of nitrogens with zero attached hydrogens (tertiary/aromatic N) is 3. The van der Waals surface area contributed by atoms with Gasteiger partial charge in [0.15, 0.2) is 5.69 Å². The number of nitriles is 1. The van der Waals surface area contributed by atoms with Gasteiger partial charge in [0.05, 0.1) is 11.6 Å². The topological polar surface area (TPSA) is 69.8 Å². The van der Waals surface area contributed by atoms with Crippen LogP contribution in [-0.2, 0) is 6.18 Å². The predicted octanol–water partition coefficient (Wildman–Crippen LogP) is 3.05. The molecule has 0 aliphatic heterocycles. The molecule has 1 heterocycles. The highest BCUT2D eigenvalue weighted by molar-refractivity contribution is 5.68. The summed E-state index contributed by atoms with van der Waals surface area (Å²) in [4.78, 5) is 0. The molecule has 2 aromatic rings. The molecule has 1 N–H and O–H groups in total. The fraction of sp³-hybridized carbons (Fsp3) is 0.154. The second-order valence-corrected chi connectivity index (χ2v) is 4.06. The first-order valence-corrected chi connectivity index (χ1v) is 5.48. The van der Waals surface area contributed by atoms with Gasteiger partial charge in [-0.2, -0.15) is 18.4 Å². The maximum Gasteiger partial charge on any atom is 0.435 e. The number of benzene rings is 1. The fourth-order valence-corrected chi connectivity index (χ4v) is 1.68. The Morgan fingerprint density at radius 1 is 1.15 bits per heavy atom. The molecule has 0 unspecified atom stereocenters. The smallest absolute Gasteiger partial charge is 0.435 e. The zero-order valence-corrected chi connectivity index (χ0v) is 10.2. The molecule has 1 aromatic carbocycles. The lowest BCUT2D eigenvalue weighted by Crippen LogP contribution is -2.12. The highest BCUT2D eigenvalue weighted by Gasteiger charge is 2.36. The van der Waals surface area contributed by atoms with Crippen LogP contribution in [-0.4, -0.2) is 15.3 Å². The molecule has 102 valence electrons. The third kappa shape index (κ3) is 2.40. The molecule has 2 rings (SSSR count). The number of hydrogen-bond acceptors (Lipinski definition) is 4. The van der Waals surface area contributed by atoms with Crippen molar-refractivity contribution in [1.29, 1.82) is 5.26 Å². The molecule has 0 amide bonds. The molecule has 0 bridgehead atoms. The molecule has 20 heavy (non-hydrogen) atoms. The van der Waals surface area contributed by atoms with Crippen LogP contribution < -0.4 is 0 Å². The van der Waals surface area contributed by atoms with E-state index in [1.165, 1.54) is 24.3 Å². The SMILES string of the molecule is Cc1c(C(F)(F)F)nnc(-c2ccc(C#N)cc2)c1O. The van der Waals surface area contributed by atoms with Crippen LogP contribution in [0.25, 0.3) is 11.3 Å². The number of aromatic hydroxyl groups is 1. The Morgan fingerprint density at radius 2 is 1.75 bits per heavy atom. The van der Waals surface area contributed by atoms with Crippen LogP contribution in [0.2, 0.25) is 0 Å². The molecule has 0 fully saturated rings. The van der Waals surface area contributed by atoms with Crippen molar-refractivity contribution >= 4 is 0 Å². The van der Waals surface area contributed by atoms with Gasteiger partial charge < -0.3 is 5.11 Å². The van der Waals surface area contributed by atoms with E-state index in [9.17, 15) is 18.3 Å². The van der Waals surface area contributed by atoms with Crippen LogP contribution in [0.15, 0.2) is 24.3 Å². The summed E-state index contributed by atoms with van der Waals surface area (Å²) in [5.41, 5.74) is -0.880. The first-order chi connectivity index (χ1) is 9.34. The van der Waals surface area contributed by atoms with Crippen LogP contribution >= 0.6 is 0 Å². The number of rotatable bonds is 1. The first-order valence-electron chi connectivity index (χ1n) is 5.48. The molecule has 0 atom stereocenters. The Balaban J connectivity index is 2.54. The molecule has 0 spiro atoms.